The molecule has 5 heteroatoms. The topological polar surface area (TPSA) is 83.5 Å². The van der Waals surface area contributed by atoms with E-state index in [-0.39, 0.29) is 23.7 Å². The molecule has 0 spiro atoms. The first-order chi connectivity index (χ1) is 10.2. The van der Waals surface area contributed by atoms with Crippen molar-refractivity contribution in [3.05, 3.63) is 40.5 Å². The highest BCUT2D eigenvalue weighted by Crippen LogP contribution is 2.39. The largest absolute Gasteiger partial charge is 0.506 e. The lowest BCUT2D eigenvalue weighted by Gasteiger charge is -2.32. The fourth-order valence-corrected chi connectivity index (χ4v) is 2.58. The first-order valence-electron chi connectivity index (χ1n) is 7.03. The lowest BCUT2D eigenvalue weighted by molar-refractivity contribution is -0.126. The molecule has 0 aliphatic heterocycles. The van der Waals surface area contributed by atoms with E-state index in [4.69, 9.17) is 0 Å². The first-order valence-corrected chi connectivity index (χ1v) is 7.03. The van der Waals surface area contributed by atoms with Gasteiger partial charge in [-0.1, -0.05) is 17.7 Å². The van der Waals surface area contributed by atoms with Gasteiger partial charge in [0.1, 0.15) is 17.1 Å². The molecule has 0 unspecified atom stereocenters. The standard InChI is InChI=1S/C17H19NO4/c1-9-5-6-12-11(7-9)14(20)13(15(21)17(12,3)4)16(22)18-8-10(2)19/h5-7,20H,8H2,1-4H3,(H,18,22). The number of aliphatic hydroxyl groups is 1. The van der Waals surface area contributed by atoms with Gasteiger partial charge in [0.15, 0.2) is 5.78 Å². The molecule has 0 saturated carbocycles. The van der Waals surface area contributed by atoms with E-state index in [1.165, 1.54) is 6.92 Å². The highest BCUT2D eigenvalue weighted by Gasteiger charge is 2.43. The van der Waals surface area contributed by atoms with Crippen LogP contribution in [0, 0.1) is 6.92 Å². The third kappa shape index (κ3) is 2.54. The molecule has 5 nitrogen and oxygen atoms in total. The summed E-state index contributed by atoms with van der Waals surface area (Å²) < 4.78 is 0. The van der Waals surface area contributed by atoms with Crippen LogP contribution in [-0.2, 0) is 19.8 Å². The number of benzene rings is 1. The molecule has 0 fully saturated rings. The van der Waals surface area contributed by atoms with Crippen LogP contribution in [0.4, 0.5) is 0 Å². The zero-order valence-corrected chi connectivity index (χ0v) is 13.1. The zero-order valence-electron chi connectivity index (χ0n) is 13.1. The number of amides is 1. The van der Waals surface area contributed by atoms with E-state index in [1.54, 1.807) is 26.0 Å². The number of fused-ring (bicyclic) bond motifs is 1. The predicted molar refractivity (Wildman–Crippen MR) is 82.5 cm³/mol. The van der Waals surface area contributed by atoms with Crippen LogP contribution in [0.2, 0.25) is 0 Å². The molecule has 0 aromatic heterocycles. The summed E-state index contributed by atoms with van der Waals surface area (Å²) in [6.45, 7) is 6.46. The van der Waals surface area contributed by atoms with Crippen LogP contribution in [0.1, 0.15) is 37.5 Å². The number of carbonyl (C=O) groups excluding carboxylic acids is 3. The van der Waals surface area contributed by atoms with Gasteiger partial charge >= 0.3 is 0 Å². The minimum absolute atomic E-state index is 0.177. The molecule has 2 rings (SSSR count). The summed E-state index contributed by atoms with van der Waals surface area (Å²) in [5.74, 6) is -1.74. The number of aliphatic hydroxyl groups excluding tert-OH is 1. The third-order valence-electron chi connectivity index (χ3n) is 3.86. The minimum Gasteiger partial charge on any atom is -0.506 e. The zero-order chi connectivity index (χ0) is 16.7. The second kappa shape index (κ2) is 5.40. The second-order valence-electron chi connectivity index (χ2n) is 6.11. The van der Waals surface area contributed by atoms with Gasteiger partial charge in [0.2, 0.25) is 0 Å². The van der Waals surface area contributed by atoms with Crippen LogP contribution in [-0.4, -0.2) is 29.1 Å². The monoisotopic (exact) mass is 301 g/mol. The fraction of sp³-hybridized carbons (Fsp3) is 0.353. The Kier molecular flexibility index (Phi) is 3.92. The van der Waals surface area contributed by atoms with Crippen LogP contribution in [0.25, 0.3) is 5.76 Å². The van der Waals surface area contributed by atoms with E-state index in [2.05, 4.69) is 5.32 Å². The van der Waals surface area contributed by atoms with Gasteiger partial charge in [-0.2, -0.15) is 0 Å². The normalized spacial score (nSPS) is 16.3. The van der Waals surface area contributed by atoms with Gasteiger partial charge in [-0.25, -0.2) is 0 Å². The van der Waals surface area contributed by atoms with Gasteiger partial charge in [-0.15, -0.1) is 0 Å². The summed E-state index contributed by atoms with van der Waals surface area (Å²) >= 11 is 0. The minimum atomic E-state index is -0.918. The van der Waals surface area contributed by atoms with E-state index in [0.29, 0.717) is 11.1 Å². The molecule has 22 heavy (non-hydrogen) atoms. The predicted octanol–water partition coefficient (Wildman–Crippen LogP) is 1.83. The highest BCUT2D eigenvalue weighted by molar-refractivity contribution is 6.28. The highest BCUT2D eigenvalue weighted by atomic mass is 16.3. The fourth-order valence-electron chi connectivity index (χ4n) is 2.58. The third-order valence-corrected chi connectivity index (χ3v) is 3.86. The lowest BCUT2D eigenvalue weighted by atomic mass is 9.70. The first kappa shape index (κ1) is 15.9. The Hall–Kier alpha value is -2.43. The number of ketones is 2. The van der Waals surface area contributed by atoms with Crippen molar-refractivity contribution >= 4 is 23.2 Å². The van der Waals surface area contributed by atoms with Crippen molar-refractivity contribution in [3.8, 4) is 0 Å². The molecule has 2 N–H and O–H groups in total. The maximum atomic E-state index is 12.6. The van der Waals surface area contributed by atoms with Gasteiger partial charge in [-0.05, 0) is 39.3 Å². The van der Waals surface area contributed by atoms with Gasteiger partial charge < -0.3 is 10.4 Å². The Labute approximate surface area is 129 Å². The number of Topliss-reactive ketones (excluding diaryl/α,β-unsaturated/α-hetero) is 2. The summed E-state index contributed by atoms with van der Waals surface area (Å²) in [5.41, 5.74) is 0.877. The summed E-state index contributed by atoms with van der Waals surface area (Å²) in [4.78, 5) is 35.8. The molecule has 1 aromatic carbocycles. The van der Waals surface area contributed by atoms with E-state index in [9.17, 15) is 19.5 Å². The van der Waals surface area contributed by atoms with Gasteiger partial charge in [0.25, 0.3) is 5.91 Å². The van der Waals surface area contributed by atoms with Crippen molar-refractivity contribution in [1.82, 2.24) is 5.32 Å². The molecule has 0 atom stereocenters. The molecule has 1 aliphatic carbocycles. The number of carbonyl (C=O) groups is 3. The van der Waals surface area contributed by atoms with Gasteiger partial charge in [0.05, 0.1) is 12.0 Å². The van der Waals surface area contributed by atoms with Crippen LogP contribution >= 0.6 is 0 Å². The average Bonchev–Trinajstić information content (AvgIpc) is 2.43. The summed E-state index contributed by atoms with van der Waals surface area (Å²) in [6.07, 6.45) is 0. The van der Waals surface area contributed by atoms with Crippen molar-refractivity contribution in [2.24, 2.45) is 0 Å². The Morgan fingerprint density at radius 3 is 2.50 bits per heavy atom. The summed E-state index contributed by atoms with van der Waals surface area (Å²) in [7, 11) is 0. The molecule has 1 amide bonds. The van der Waals surface area contributed by atoms with Crippen molar-refractivity contribution in [3.63, 3.8) is 0 Å². The Morgan fingerprint density at radius 2 is 1.91 bits per heavy atom. The lowest BCUT2D eigenvalue weighted by Crippen LogP contribution is -2.42. The van der Waals surface area contributed by atoms with Gasteiger partial charge in [0, 0.05) is 5.56 Å². The Bertz CT molecular complexity index is 713. The van der Waals surface area contributed by atoms with Crippen LogP contribution < -0.4 is 5.32 Å². The average molecular weight is 301 g/mol. The molecule has 1 aliphatic rings. The maximum absolute atomic E-state index is 12.6. The molecular formula is C17H19NO4. The Morgan fingerprint density at radius 1 is 1.27 bits per heavy atom. The van der Waals surface area contributed by atoms with Crippen molar-refractivity contribution in [2.75, 3.05) is 6.54 Å². The number of hydrogen-bond donors (Lipinski definition) is 2. The van der Waals surface area contributed by atoms with E-state index in [0.717, 1.165) is 5.56 Å². The quantitative estimate of drug-likeness (QED) is 0.834. The molecule has 116 valence electrons. The number of nitrogens with one attached hydrogen (secondary N) is 1. The molecule has 0 heterocycles. The van der Waals surface area contributed by atoms with Crippen LogP contribution in [0.5, 0.6) is 0 Å². The van der Waals surface area contributed by atoms with Crippen LogP contribution in [0.15, 0.2) is 23.8 Å². The maximum Gasteiger partial charge on any atom is 0.259 e. The van der Waals surface area contributed by atoms with E-state index in [1.807, 2.05) is 13.0 Å². The van der Waals surface area contributed by atoms with Crippen molar-refractivity contribution in [1.29, 1.82) is 0 Å². The molecule has 1 aromatic rings. The van der Waals surface area contributed by atoms with Crippen LogP contribution in [0.3, 0.4) is 0 Å². The van der Waals surface area contributed by atoms with E-state index < -0.39 is 17.1 Å². The molecule has 0 saturated heterocycles. The smallest absolute Gasteiger partial charge is 0.259 e. The summed E-state index contributed by atoms with van der Waals surface area (Å²) in [5, 5.41) is 12.8. The van der Waals surface area contributed by atoms with Gasteiger partial charge in [-0.3, -0.25) is 14.4 Å². The molecule has 0 bridgehead atoms. The van der Waals surface area contributed by atoms with E-state index >= 15 is 0 Å². The Balaban J connectivity index is 2.57. The number of rotatable bonds is 3. The number of hydrogen-bond acceptors (Lipinski definition) is 4. The second-order valence-corrected chi connectivity index (χ2v) is 6.11. The van der Waals surface area contributed by atoms with Crippen molar-refractivity contribution in [2.45, 2.75) is 33.1 Å². The SMILES string of the molecule is CC(=O)CNC(=O)C1=C(O)c2cc(C)ccc2C(C)(C)C1=O. The summed E-state index contributed by atoms with van der Waals surface area (Å²) in [6, 6.07) is 5.40. The number of aryl methyl sites for hydroxylation is 1. The molecule has 0 radical (unpaired) electrons. The molecular weight excluding hydrogens is 282 g/mol. The van der Waals surface area contributed by atoms with Crippen molar-refractivity contribution < 1.29 is 19.5 Å².